The predicted octanol–water partition coefficient (Wildman–Crippen LogP) is 2.65. The number of rotatable bonds is 7. The summed E-state index contributed by atoms with van der Waals surface area (Å²) < 4.78 is 65.7. The first-order valence-corrected chi connectivity index (χ1v) is 5.81. The minimum absolute atomic E-state index is 0.00602. The molecule has 21 heavy (non-hydrogen) atoms. The lowest BCUT2D eigenvalue weighted by Gasteiger charge is -2.15. The Hall–Kier alpha value is -1.90. The molecule has 9 heteroatoms. The van der Waals surface area contributed by atoms with Gasteiger partial charge in [0.05, 0.1) is 24.4 Å². The zero-order valence-corrected chi connectivity index (χ0v) is 10.7. The number of carbonyl (C=O) groups is 1. The van der Waals surface area contributed by atoms with Crippen molar-refractivity contribution in [2.75, 3.05) is 24.3 Å². The quantitative estimate of drug-likeness (QED) is 0.462. The van der Waals surface area contributed by atoms with Gasteiger partial charge in [-0.25, -0.2) is 13.2 Å². The van der Waals surface area contributed by atoms with E-state index in [1.54, 1.807) is 0 Å². The number of hydrogen-bond donors (Lipinski definition) is 2. The third-order valence-electron chi connectivity index (χ3n) is 2.37. The number of anilines is 2. The molecule has 0 aliphatic heterocycles. The van der Waals surface area contributed by atoms with Crippen molar-refractivity contribution < 1.29 is 31.5 Å². The van der Waals surface area contributed by atoms with E-state index >= 15 is 0 Å². The molecule has 1 aromatic rings. The van der Waals surface area contributed by atoms with E-state index in [2.05, 4.69) is 10.1 Å². The molecule has 1 rings (SSSR count). The Kier molecular flexibility index (Phi) is 5.89. The molecule has 0 heterocycles. The number of ether oxygens (including phenoxy) is 1. The lowest BCUT2D eigenvalue weighted by atomic mass is 10.2. The number of halogens is 5. The lowest BCUT2D eigenvalue weighted by molar-refractivity contribution is -0.166. The van der Waals surface area contributed by atoms with Gasteiger partial charge in [-0.2, -0.15) is 8.78 Å². The summed E-state index contributed by atoms with van der Waals surface area (Å²) in [6.45, 7) is -1.94. The minimum Gasteiger partial charge on any atom is -0.397 e. The molecule has 0 atom stereocenters. The highest BCUT2D eigenvalue weighted by Gasteiger charge is 2.40. The molecule has 3 N–H and O–H groups in total. The molecule has 0 aromatic heterocycles. The SMILES string of the molecule is Nc1cc(F)ccc1NC(=O)CCOCC(F)(F)C(F)F. The Bertz CT molecular complexity index is 497. The van der Waals surface area contributed by atoms with Crippen molar-refractivity contribution in [3.63, 3.8) is 0 Å². The van der Waals surface area contributed by atoms with Crippen LogP contribution in [0, 0.1) is 5.82 Å². The molecule has 0 saturated heterocycles. The topological polar surface area (TPSA) is 64.3 Å². The summed E-state index contributed by atoms with van der Waals surface area (Å²) in [6, 6.07) is 3.30. The van der Waals surface area contributed by atoms with Crippen LogP contribution in [0.25, 0.3) is 0 Å². The monoisotopic (exact) mass is 312 g/mol. The van der Waals surface area contributed by atoms with Crippen molar-refractivity contribution in [1.82, 2.24) is 0 Å². The van der Waals surface area contributed by atoms with E-state index in [1.165, 1.54) is 6.07 Å². The van der Waals surface area contributed by atoms with Gasteiger partial charge in [0.25, 0.3) is 0 Å². The van der Waals surface area contributed by atoms with Crippen LogP contribution in [0.2, 0.25) is 0 Å². The van der Waals surface area contributed by atoms with E-state index in [9.17, 15) is 26.7 Å². The molecular weight excluding hydrogens is 299 g/mol. The maximum Gasteiger partial charge on any atom is 0.330 e. The van der Waals surface area contributed by atoms with Crippen molar-refractivity contribution in [1.29, 1.82) is 0 Å². The van der Waals surface area contributed by atoms with Gasteiger partial charge in [-0.15, -0.1) is 0 Å². The Morgan fingerprint density at radius 3 is 2.62 bits per heavy atom. The normalized spacial score (nSPS) is 11.7. The second-order valence-corrected chi connectivity index (χ2v) is 4.14. The fourth-order valence-electron chi connectivity index (χ4n) is 1.30. The van der Waals surface area contributed by atoms with Crippen molar-refractivity contribution in [2.45, 2.75) is 18.8 Å². The highest BCUT2D eigenvalue weighted by molar-refractivity contribution is 5.93. The van der Waals surface area contributed by atoms with Gasteiger partial charge in [0.2, 0.25) is 5.91 Å². The number of nitrogens with one attached hydrogen (secondary N) is 1. The first-order valence-electron chi connectivity index (χ1n) is 5.81. The van der Waals surface area contributed by atoms with Crippen LogP contribution in [0.5, 0.6) is 0 Å². The summed E-state index contributed by atoms with van der Waals surface area (Å²) in [5, 5.41) is 2.31. The summed E-state index contributed by atoms with van der Waals surface area (Å²) >= 11 is 0. The van der Waals surface area contributed by atoms with Gasteiger partial charge in [0, 0.05) is 0 Å². The highest BCUT2D eigenvalue weighted by atomic mass is 19.3. The average Bonchev–Trinajstić information content (AvgIpc) is 2.38. The van der Waals surface area contributed by atoms with Gasteiger partial charge in [0.15, 0.2) is 0 Å². The number of benzene rings is 1. The molecule has 0 unspecified atom stereocenters. The molecule has 0 aliphatic rings. The van der Waals surface area contributed by atoms with Gasteiger partial charge in [-0.1, -0.05) is 0 Å². The Morgan fingerprint density at radius 1 is 1.38 bits per heavy atom. The smallest absolute Gasteiger partial charge is 0.330 e. The molecule has 1 amide bonds. The number of nitrogens with two attached hydrogens (primary N) is 1. The van der Waals surface area contributed by atoms with Gasteiger partial charge >= 0.3 is 12.3 Å². The Balaban J connectivity index is 2.35. The van der Waals surface area contributed by atoms with E-state index in [-0.39, 0.29) is 17.8 Å². The van der Waals surface area contributed by atoms with E-state index in [4.69, 9.17) is 5.73 Å². The summed E-state index contributed by atoms with van der Waals surface area (Å²) in [7, 11) is 0. The number of alkyl halides is 4. The molecule has 0 saturated carbocycles. The summed E-state index contributed by atoms with van der Waals surface area (Å²) in [4.78, 5) is 11.4. The first kappa shape index (κ1) is 17.2. The number of nitrogen functional groups attached to an aromatic ring is 1. The van der Waals surface area contributed by atoms with Crippen LogP contribution in [0.4, 0.5) is 33.3 Å². The third-order valence-corrected chi connectivity index (χ3v) is 2.37. The van der Waals surface area contributed by atoms with Gasteiger partial charge in [-0.3, -0.25) is 4.79 Å². The Morgan fingerprint density at radius 2 is 2.05 bits per heavy atom. The number of carbonyl (C=O) groups excluding carboxylic acids is 1. The molecule has 1 aromatic carbocycles. The fraction of sp³-hybridized carbons (Fsp3) is 0.417. The second kappa shape index (κ2) is 7.21. The van der Waals surface area contributed by atoms with Gasteiger partial charge < -0.3 is 15.8 Å². The van der Waals surface area contributed by atoms with Crippen LogP contribution in [0.3, 0.4) is 0 Å². The van der Waals surface area contributed by atoms with E-state index in [0.717, 1.165) is 12.1 Å². The third kappa shape index (κ3) is 5.54. The van der Waals surface area contributed by atoms with Crippen molar-refractivity contribution in [3.8, 4) is 0 Å². The van der Waals surface area contributed by atoms with E-state index in [0.29, 0.717) is 0 Å². The predicted molar refractivity (Wildman–Crippen MR) is 65.8 cm³/mol. The van der Waals surface area contributed by atoms with Crippen LogP contribution in [-0.4, -0.2) is 31.5 Å². The first-order chi connectivity index (χ1) is 9.72. The van der Waals surface area contributed by atoms with Crippen LogP contribution < -0.4 is 11.1 Å². The molecule has 0 bridgehead atoms. The molecule has 0 aliphatic carbocycles. The van der Waals surface area contributed by atoms with Crippen LogP contribution >= 0.6 is 0 Å². The highest BCUT2D eigenvalue weighted by Crippen LogP contribution is 2.23. The zero-order chi connectivity index (χ0) is 16.0. The van der Waals surface area contributed by atoms with Gasteiger partial charge in [-0.05, 0) is 18.2 Å². The maximum absolute atomic E-state index is 12.8. The van der Waals surface area contributed by atoms with E-state index < -0.39 is 37.3 Å². The van der Waals surface area contributed by atoms with Crippen molar-refractivity contribution in [2.24, 2.45) is 0 Å². The van der Waals surface area contributed by atoms with Gasteiger partial charge in [0.1, 0.15) is 12.4 Å². The van der Waals surface area contributed by atoms with E-state index in [1.807, 2.05) is 0 Å². The zero-order valence-electron chi connectivity index (χ0n) is 10.7. The number of amides is 1. The molecule has 0 spiro atoms. The molecule has 4 nitrogen and oxygen atoms in total. The molecule has 0 radical (unpaired) electrons. The Labute approximate surface area is 117 Å². The lowest BCUT2D eigenvalue weighted by Crippen LogP contribution is -2.32. The summed E-state index contributed by atoms with van der Waals surface area (Å²) in [5.41, 5.74) is 5.59. The van der Waals surface area contributed by atoms with Crippen molar-refractivity contribution >= 4 is 17.3 Å². The fourth-order valence-corrected chi connectivity index (χ4v) is 1.30. The molecule has 0 fully saturated rings. The number of hydrogen-bond acceptors (Lipinski definition) is 3. The molecule has 118 valence electrons. The van der Waals surface area contributed by atoms with Crippen LogP contribution in [0.1, 0.15) is 6.42 Å². The largest absolute Gasteiger partial charge is 0.397 e. The minimum atomic E-state index is -4.25. The maximum atomic E-state index is 12.8. The second-order valence-electron chi connectivity index (χ2n) is 4.14. The average molecular weight is 312 g/mol. The standard InChI is InChI=1S/C12H13F5N2O2/c13-7-1-2-9(8(18)5-7)19-10(20)3-4-21-6-12(16,17)11(14)15/h1-2,5,11H,3-4,6,18H2,(H,19,20). The summed E-state index contributed by atoms with van der Waals surface area (Å²) in [6.07, 6.45) is -4.17. The molecular formula is C12H13F5N2O2. The van der Waals surface area contributed by atoms with Crippen LogP contribution in [0.15, 0.2) is 18.2 Å². The summed E-state index contributed by atoms with van der Waals surface area (Å²) in [5.74, 6) is -5.46. The van der Waals surface area contributed by atoms with Crippen LogP contribution in [-0.2, 0) is 9.53 Å². The van der Waals surface area contributed by atoms with Crippen molar-refractivity contribution in [3.05, 3.63) is 24.0 Å².